The number of anilines is 1. The van der Waals surface area contributed by atoms with Crippen LogP contribution in [0.1, 0.15) is 21.7 Å². The van der Waals surface area contributed by atoms with Crippen molar-refractivity contribution in [3.63, 3.8) is 0 Å². The molecule has 3 aromatic rings. The van der Waals surface area contributed by atoms with Crippen LogP contribution in [0, 0.1) is 13.8 Å². The van der Waals surface area contributed by atoms with Crippen LogP contribution in [0.4, 0.5) is 10.7 Å². The number of ether oxygens (including phenoxy) is 1. The van der Waals surface area contributed by atoms with Gasteiger partial charge in [0.1, 0.15) is 17.3 Å². The van der Waals surface area contributed by atoms with Gasteiger partial charge in [0.15, 0.2) is 11.8 Å². The average Bonchev–Trinajstić information content (AvgIpc) is 2.67. The van der Waals surface area contributed by atoms with Gasteiger partial charge in [0, 0.05) is 11.4 Å². The number of esters is 1. The number of carbonyl (C=O) groups is 2. The smallest absolute Gasteiger partial charge is 0.423 e. The minimum atomic E-state index is -4.75. The molecule has 32 heavy (non-hydrogen) atoms. The fourth-order valence-electron chi connectivity index (χ4n) is 2.49. The first-order valence-corrected chi connectivity index (χ1v) is 10.3. The minimum absolute atomic E-state index is 0. The first-order valence-electron chi connectivity index (χ1n) is 8.89. The zero-order valence-electron chi connectivity index (χ0n) is 17.5. The van der Waals surface area contributed by atoms with Crippen molar-refractivity contribution in [3.8, 4) is 11.5 Å². The largest absolute Gasteiger partial charge is 1.00 e. The van der Waals surface area contributed by atoms with Gasteiger partial charge in [-0.2, -0.15) is 8.42 Å². The molecule has 10 nitrogen and oxygen atoms in total. The molecule has 2 amide bonds. The molecular weight excluding hydrogens is 447 g/mol. The second kappa shape index (κ2) is 11.0. The Balaban J connectivity index is 0.00000363. The molecule has 3 rings (SSSR count). The van der Waals surface area contributed by atoms with Crippen LogP contribution < -0.4 is 43.8 Å². The van der Waals surface area contributed by atoms with Crippen LogP contribution in [0.15, 0.2) is 60.7 Å². The van der Waals surface area contributed by atoms with Gasteiger partial charge >= 0.3 is 45.8 Å². The molecule has 0 spiro atoms. The summed E-state index contributed by atoms with van der Waals surface area (Å²) in [7, 11) is -4.75. The summed E-state index contributed by atoms with van der Waals surface area (Å²) in [5.74, 6) is -1.02. The van der Waals surface area contributed by atoms with E-state index in [-0.39, 0.29) is 52.6 Å². The molecule has 1 heterocycles. The van der Waals surface area contributed by atoms with Gasteiger partial charge in [-0.1, -0.05) is 30.3 Å². The maximum Gasteiger partial charge on any atom is 1.00 e. The normalized spacial score (nSPS) is 10.4. The van der Waals surface area contributed by atoms with Crippen molar-refractivity contribution < 1.29 is 56.5 Å². The maximum atomic E-state index is 12.4. The number of aromatic nitrogens is 2. The number of nitrogens with zero attached hydrogens (tertiary/aromatic N) is 3. The van der Waals surface area contributed by atoms with E-state index in [0.717, 1.165) is 0 Å². The van der Waals surface area contributed by atoms with Crippen molar-refractivity contribution >= 4 is 28.3 Å². The summed E-state index contributed by atoms with van der Waals surface area (Å²) in [6.45, 7) is 3.37. The Labute approximate surface area is 206 Å². The number of urea groups is 1. The molecule has 0 aliphatic heterocycles. The standard InChI is InChI=1S/C20H18N4O6S.Na/c1-13-12-14(2)22-19(21-13)23-20(26)24-31(27,28)30-17-11-7-6-10-16(17)18(25)29-15-8-4-3-5-9-15;/h3-12H,1-2H3,(H2,21,22,23,24,26);/q;+1/p-1. The van der Waals surface area contributed by atoms with Crippen molar-refractivity contribution in [2.24, 2.45) is 0 Å². The Kier molecular flexibility index (Phi) is 8.72. The second-order valence-electron chi connectivity index (χ2n) is 6.21. The molecule has 0 aliphatic carbocycles. The quantitative estimate of drug-likeness (QED) is 0.317. The van der Waals surface area contributed by atoms with Gasteiger partial charge in [-0.05, 0) is 44.2 Å². The molecular formula is C20H17N4NaO6S. The van der Waals surface area contributed by atoms with Crippen molar-refractivity contribution in [1.82, 2.24) is 9.97 Å². The van der Waals surface area contributed by atoms with E-state index in [4.69, 9.17) is 8.92 Å². The van der Waals surface area contributed by atoms with E-state index in [1.165, 1.54) is 24.3 Å². The van der Waals surface area contributed by atoms with E-state index in [2.05, 4.69) is 20.0 Å². The van der Waals surface area contributed by atoms with Gasteiger partial charge in [-0.15, -0.1) is 0 Å². The Morgan fingerprint density at radius 1 is 0.938 bits per heavy atom. The number of para-hydroxylation sites is 2. The van der Waals surface area contributed by atoms with Crippen molar-refractivity contribution in [1.29, 1.82) is 0 Å². The second-order valence-corrected chi connectivity index (χ2v) is 7.41. The number of aryl methyl sites for hydroxylation is 2. The van der Waals surface area contributed by atoms with Crippen LogP contribution >= 0.6 is 0 Å². The number of carbonyl (C=O) groups excluding carboxylic acids is 2. The molecule has 2 aromatic carbocycles. The summed E-state index contributed by atoms with van der Waals surface area (Å²) >= 11 is 0. The molecule has 1 N–H and O–H groups in total. The number of benzene rings is 2. The van der Waals surface area contributed by atoms with Crippen LogP contribution in [-0.2, 0) is 10.3 Å². The zero-order chi connectivity index (χ0) is 22.4. The Hall–Kier alpha value is -2.99. The Morgan fingerprint density at radius 2 is 1.53 bits per heavy atom. The average molecular weight is 464 g/mol. The van der Waals surface area contributed by atoms with Crippen LogP contribution in [0.3, 0.4) is 0 Å². The third kappa shape index (κ3) is 7.31. The van der Waals surface area contributed by atoms with Gasteiger partial charge in [-0.3, -0.25) is 9.52 Å². The summed E-state index contributed by atoms with van der Waals surface area (Å²) in [6.07, 6.45) is 0. The summed E-state index contributed by atoms with van der Waals surface area (Å²) in [4.78, 5) is 32.3. The summed E-state index contributed by atoms with van der Waals surface area (Å²) in [5.41, 5.74) is 0.990. The molecule has 1 aromatic heterocycles. The minimum Gasteiger partial charge on any atom is -0.423 e. The van der Waals surface area contributed by atoms with Crippen LogP contribution in [-0.4, -0.2) is 30.4 Å². The van der Waals surface area contributed by atoms with Crippen LogP contribution in [0.2, 0.25) is 0 Å². The number of rotatable bonds is 6. The number of hydrogen-bond acceptors (Lipinski definition) is 8. The van der Waals surface area contributed by atoms with Crippen LogP contribution in [0.5, 0.6) is 11.5 Å². The van der Waals surface area contributed by atoms with E-state index >= 15 is 0 Å². The van der Waals surface area contributed by atoms with E-state index in [1.807, 2.05) is 0 Å². The number of nitrogens with one attached hydrogen (secondary N) is 1. The molecule has 160 valence electrons. The molecule has 0 saturated heterocycles. The van der Waals surface area contributed by atoms with Gasteiger partial charge < -0.3 is 14.2 Å². The van der Waals surface area contributed by atoms with E-state index < -0.39 is 22.3 Å². The van der Waals surface area contributed by atoms with Crippen LogP contribution in [0.25, 0.3) is 4.72 Å². The predicted molar refractivity (Wildman–Crippen MR) is 111 cm³/mol. The molecule has 0 fully saturated rings. The molecule has 0 radical (unpaired) electrons. The van der Waals surface area contributed by atoms with Gasteiger partial charge in [0.25, 0.3) is 0 Å². The van der Waals surface area contributed by atoms with Crippen molar-refractivity contribution in [2.75, 3.05) is 5.32 Å². The van der Waals surface area contributed by atoms with Gasteiger partial charge in [0.05, 0.1) is 0 Å². The summed E-state index contributed by atoms with van der Waals surface area (Å²) < 4.78 is 37.5. The molecule has 0 unspecified atom stereocenters. The molecule has 0 aliphatic rings. The third-order valence-electron chi connectivity index (χ3n) is 3.65. The first kappa shape index (κ1) is 25.3. The zero-order valence-corrected chi connectivity index (χ0v) is 20.3. The fraction of sp³-hybridized carbons (Fsp3) is 0.100. The SMILES string of the molecule is Cc1cc(C)nc(NC(=O)[N-]S(=O)(=O)Oc2ccccc2C(=O)Oc2ccccc2)n1.[Na+]. The van der Waals surface area contributed by atoms with Gasteiger partial charge in [0.2, 0.25) is 0 Å². The maximum absolute atomic E-state index is 12.4. The topological polar surface area (TPSA) is 139 Å². The third-order valence-corrected chi connectivity index (χ3v) is 4.43. The van der Waals surface area contributed by atoms with E-state index in [1.54, 1.807) is 50.2 Å². The molecule has 12 heteroatoms. The summed E-state index contributed by atoms with van der Waals surface area (Å²) in [5, 5.41) is 2.16. The molecule has 0 atom stereocenters. The first-order chi connectivity index (χ1) is 14.7. The van der Waals surface area contributed by atoms with Gasteiger partial charge in [-0.25, -0.2) is 14.8 Å². The molecule has 0 saturated carbocycles. The van der Waals surface area contributed by atoms with E-state index in [9.17, 15) is 18.0 Å². The van der Waals surface area contributed by atoms with E-state index in [0.29, 0.717) is 11.4 Å². The van der Waals surface area contributed by atoms with Crippen molar-refractivity contribution in [2.45, 2.75) is 13.8 Å². The van der Waals surface area contributed by atoms with Crippen molar-refractivity contribution in [3.05, 3.63) is 82.3 Å². The molecule has 0 bridgehead atoms. The number of amides is 2. The predicted octanol–water partition coefficient (Wildman–Crippen LogP) is 0.546. The fourth-order valence-corrected chi connectivity index (χ4v) is 3.15. The number of hydrogen-bond donors (Lipinski definition) is 1. The Morgan fingerprint density at radius 3 is 2.19 bits per heavy atom. The Bertz CT molecular complexity index is 1200. The monoisotopic (exact) mass is 464 g/mol. The summed E-state index contributed by atoms with van der Waals surface area (Å²) in [6, 6.07) is 14.1.